The summed E-state index contributed by atoms with van der Waals surface area (Å²) in [4.78, 5) is 9.63. The van der Waals surface area contributed by atoms with Crippen molar-refractivity contribution in [3.05, 3.63) is 143 Å². The van der Waals surface area contributed by atoms with Crippen LogP contribution in [0.1, 0.15) is 92.7 Å². The number of pyridine rings is 1. The van der Waals surface area contributed by atoms with Gasteiger partial charge in [-0.25, -0.2) is 4.98 Å². The maximum absolute atomic E-state index is 10.6. The van der Waals surface area contributed by atoms with Crippen LogP contribution in [-0.4, -0.2) is 19.6 Å². The van der Waals surface area contributed by atoms with E-state index in [1.807, 2.05) is 42.6 Å². The van der Waals surface area contributed by atoms with Gasteiger partial charge in [-0.15, -0.1) is 34.9 Å². The van der Waals surface area contributed by atoms with Gasteiger partial charge in [-0.1, -0.05) is 116 Å². The van der Waals surface area contributed by atoms with Crippen molar-refractivity contribution < 1.29 is 25.2 Å². The number of benzene rings is 5. The first kappa shape index (κ1) is 37.7. The molecule has 1 radical (unpaired) electrons. The van der Waals surface area contributed by atoms with Gasteiger partial charge in [0.15, 0.2) is 0 Å². The molecule has 2 aromatic heterocycles. The van der Waals surface area contributed by atoms with E-state index in [9.17, 15) is 5.11 Å². The van der Waals surface area contributed by atoms with Crippen LogP contribution < -0.4 is 0 Å². The molecule has 0 amide bonds. The molecule has 1 N–H and O–H groups in total. The Hall–Kier alpha value is -4.57. The molecule has 5 heteroatoms. The Labute approximate surface area is 317 Å². The predicted octanol–water partition coefficient (Wildman–Crippen LogP) is 12.4. The molecule has 0 saturated heterocycles. The van der Waals surface area contributed by atoms with Crippen molar-refractivity contribution in [2.24, 2.45) is 0 Å². The smallest absolute Gasteiger partial charge is 0.149 e. The SMILES string of the molecule is CC(C)c1cccc(C(C)C)c1-n1c(-c2ccccc2O)nc2ccccc21.Cc1[c-]c(-c2ncc(C)c3cc(C(C)C)ccc23)cc(C)c1.[Ir]. The van der Waals surface area contributed by atoms with E-state index in [0.717, 1.165) is 39.2 Å². The zero-order valence-corrected chi connectivity index (χ0v) is 33.6. The van der Waals surface area contributed by atoms with Crippen LogP contribution in [0.4, 0.5) is 0 Å². The first-order valence-corrected chi connectivity index (χ1v) is 17.7. The van der Waals surface area contributed by atoms with E-state index in [1.165, 1.54) is 44.3 Å². The van der Waals surface area contributed by atoms with Crippen molar-refractivity contribution in [1.82, 2.24) is 14.5 Å². The minimum Gasteiger partial charge on any atom is -0.507 e. The number of imidazole rings is 1. The van der Waals surface area contributed by atoms with Crippen LogP contribution >= 0.6 is 0 Å². The Bertz CT molecular complexity index is 2270. The van der Waals surface area contributed by atoms with E-state index in [-0.39, 0.29) is 25.9 Å². The van der Waals surface area contributed by atoms with Gasteiger partial charge in [0.1, 0.15) is 11.6 Å². The molecule has 0 atom stereocenters. The Morgan fingerprint density at radius 1 is 0.686 bits per heavy atom. The predicted molar refractivity (Wildman–Crippen MR) is 211 cm³/mol. The molecule has 5 aromatic carbocycles. The summed E-state index contributed by atoms with van der Waals surface area (Å²) in [7, 11) is 0. The monoisotopic (exact) mass is 851 g/mol. The van der Waals surface area contributed by atoms with Crippen molar-refractivity contribution >= 4 is 21.8 Å². The van der Waals surface area contributed by atoms with Gasteiger partial charge >= 0.3 is 0 Å². The van der Waals surface area contributed by atoms with Crippen molar-refractivity contribution in [2.75, 3.05) is 0 Å². The normalized spacial score (nSPS) is 11.3. The minimum absolute atomic E-state index is 0. The first-order chi connectivity index (χ1) is 23.9. The van der Waals surface area contributed by atoms with E-state index < -0.39 is 0 Å². The zero-order valence-electron chi connectivity index (χ0n) is 31.2. The molecule has 51 heavy (non-hydrogen) atoms. The molecule has 263 valence electrons. The third-order valence-corrected chi connectivity index (χ3v) is 9.45. The molecule has 2 heterocycles. The Morgan fingerprint density at radius 2 is 1.35 bits per heavy atom. The van der Waals surface area contributed by atoms with Crippen LogP contribution in [0, 0.1) is 26.8 Å². The molecule has 0 fully saturated rings. The first-order valence-electron chi connectivity index (χ1n) is 17.7. The van der Waals surface area contributed by atoms with Gasteiger partial charge in [0.25, 0.3) is 0 Å². The molecule has 7 aromatic rings. The van der Waals surface area contributed by atoms with Crippen LogP contribution in [-0.2, 0) is 20.1 Å². The Morgan fingerprint density at radius 3 is 2.00 bits per heavy atom. The topological polar surface area (TPSA) is 50.9 Å². The molecule has 0 bridgehead atoms. The molecular weight excluding hydrogens is 803 g/mol. The third kappa shape index (κ3) is 7.71. The van der Waals surface area contributed by atoms with Gasteiger partial charge < -0.3 is 10.1 Å². The summed E-state index contributed by atoms with van der Waals surface area (Å²) in [5.74, 6) is 2.29. The number of aryl methyl sites for hydroxylation is 3. The van der Waals surface area contributed by atoms with Gasteiger partial charge in [-0.3, -0.25) is 4.57 Å². The minimum atomic E-state index is 0. The Kier molecular flexibility index (Phi) is 11.6. The number of aromatic hydroxyl groups is 1. The Balaban J connectivity index is 0.000000199. The fraction of sp³-hybridized carbons (Fsp3) is 0.261. The zero-order chi connectivity index (χ0) is 35.7. The van der Waals surface area contributed by atoms with E-state index in [0.29, 0.717) is 17.8 Å². The molecule has 0 unspecified atom stereocenters. The average Bonchev–Trinajstić information content (AvgIpc) is 3.47. The second kappa shape index (κ2) is 15.8. The quantitative estimate of drug-likeness (QED) is 0.170. The molecule has 0 spiro atoms. The van der Waals surface area contributed by atoms with Gasteiger partial charge in [-0.05, 0) is 87.7 Å². The number of hydrogen-bond acceptors (Lipinski definition) is 3. The molecule has 0 aliphatic heterocycles. The van der Waals surface area contributed by atoms with E-state index >= 15 is 0 Å². The fourth-order valence-electron chi connectivity index (χ4n) is 6.86. The number of hydrogen-bond donors (Lipinski definition) is 1. The van der Waals surface area contributed by atoms with Crippen LogP contribution in [0.25, 0.3) is 50.1 Å². The number of phenolic OH excluding ortho intramolecular Hbond substituents is 1. The van der Waals surface area contributed by atoms with E-state index in [2.05, 4.69) is 128 Å². The number of nitrogens with zero attached hydrogens (tertiary/aromatic N) is 3. The second-order valence-corrected chi connectivity index (χ2v) is 14.4. The maximum Gasteiger partial charge on any atom is 0.149 e. The van der Waals surface area contributed by atoms with Crippen LogP contribution in [0.2, 0.25) is 0 Å². The van der Waals surface area contributed by atoms with Crippen molar-refractivity contribution in [2.45, 2.75) is 80.1 Å². The summed E-state index contributed by atoms with van der Waals surface area (Å²) in [6.07, 6.45) is 1.98. The number of fused-ring (bicyclic) bond motifs is 2. The van der Waals surface area contributed by atoms with Gasteiger partial charge in [0.2, 0.25) is 0 Å². The van der Waals surface area contributed by atoms with Gasteiger partial charge in [0, 0.05) is 26.3 Å². The van der Waals surface area contributed by atoms with E-state index in [1.54, 1.807) is 6.07 Å². The van der Waals surface area contributed by atoms with Crippen LogP contribution in [0.3, 0.4) is 0 Å². The molecule has 0 aliphatic carbocycles. The summed E-state index contributed by atoms with van der Waals surface area (Å²) in [6.45, 7) is 19.7. The van der Waals surface area contributed by atoms with E-state index in [4.69, 9.17) is 9.97 Å². The van der Waals surface area contributed by atoms with Crippen molar-refractivity contribution in [3.8, 4) is 34.1 Å². The molecule has 0 saturated carbocycles. The summed E-state index contributed by atoms with van der Waals surface area (Å²) in [6, 6.07) is 36.7. The maximum atomic E-state index is 10.6. The fourth-order valence-corrected chi connectivity index (χ4v) is 6.86. The van der Waals surface area contributed by atoms with Gasteiger partial charge in [-0.2, -0.15) is 0 Å². The van der Waals surface area contributed by atoms with Crippen LogP contribution in [0.5, 0.6) is 5.75 Å². The van der Waals surface area contributed by atoms with Crippen molar-refractivity contribution in [3.63, 3.8) is 0 Å². The second-order valence-electron chi connectivity index (χ2n) is 14.4. The summed E-state index contributed by atoms with van der Waals surface area (Å²) in [5, 5.41) is 13.1. The van der Waals surface area contributed by atoms with Gasteiger partial charge in [0.05, 0.1) is 22.3 Å². The standard InChI is InChI=1S/C25H26N2O.C21H22N.Ir/c1-16(2)18-11-9-12-19(17(3)4)24(18)27-22-14-7-6-13-21(22)26-25(27)20-10-5-8-15-23(20)28;1-13(2)17-6-7-19-20(11-17)16(5)12-22-21(19)18-9-14(3)8-15(4)10-18;/h5-17,28H,1-4H3;6-9,11-13H,1-5H3;/q;-1;. The number of rotatable bonds is 6. The number of aromatic nitrogens is 3. The van der Waals surface area contributed by atoms with Crippen molar-refractivity contribution in [1.29, 1.82) is 0 Å². The summed E-state index contributed by atoms with van der Waals surface area (Å²) >= 11 is 0. The summed E-state index contributed by atoms with van der Waals surface area (Å²) in [5.41, 5.74) is 13.6. The molecule has 4 nitrogen and oxygen atoms in total. The largest absolute Gasteiger partial charge is 0.507 e. The third-order valence-electron chi connectivity index (χ3n) is 9.45. The summed E-state index contributed by atoms with van der Waals surface area (Å²) < 4.78 is 2.23. The molecule has 0 aliphatic rings. The number of phenols is 1. The van der Waals surface area contributed by atoms with Crippen LogP contribution in [0.15, 0.2) is 103 Å². The molecule has 7 rings (SSSR count). The molecular formula is C46H48IrN3O-. The number of para-hydroxylation sites is 4. The average molecular weight is 851 g/mol.